The molecule has 0 saturated carbocycles. The third kappa shape index (κ3) is 5.00. The van der Waals surface area contributed by atoms with Crippen molar-refractivity contribution in [3.05, 3.63) is 71.1 Å². The molecule has 0 aromatic heterocycles. The van der Waals surface area contributed by atoms with Crippen LogP contribution in [0.2, 0.25) is 0 Å². The highest BCUT2D eigenvalue weighted by atomic mass is 16.3. The molecule has 33 heavy (non-hydrogen) atoms. The Hall–Kier alpha value is -3.81. The highest BCUT2D eigenvalue weighted by Gasteiger charge is 2.39. The molecule has 1 aliphatic rings. The lowest BCUT2D eigenvalue weighted by molar-refractivity contribution is -0.138. The number of imide groups is 1. The Bertz CT molecular complexity index is 1090. The summed E-state index contributed by atoms with van der Waals surface area (Å²) in [5.41, 5.74) is 1.25. The van der Waals surface area contributed by atoms with Crippen LogP contribution in [0.3, 0.4) is 0 Å². The Balaban J connectivity index is 1.99. The van der Waals surface area contributed by atoms with Gasteiger partial charge < -0.3 is 20.6 Å². The molecule has 8 heteroatoms. The Morgan fingerprint density at radius 1 is 0.970 bits per heavy atom. The maximum absolute atomic E-state index is 13.3. The fourth-order valence-corrected chi connectivity index (χ4v) is 3.32. The van der Waals surface area contributed by atoms with Gasteiger partial charge in [-0.2, -0.15) is 0 Å². The van der Waals surface area contributed by atoms with E-state index in [-0.39, 0.29) is 52.8 Å². The Labute approximate surface area is 193 Å². The van der Waals surface area contributed by atoms with Crippen molar-refractivity contribution in [2.45, 2.75) is 33.4 Å². The van der Waals surface area contributed by atoms with Crippen LogP contribution >= 0.6 is 0 Å². The maximum atomic E-state index is 13.3. The number of nitrogens with one attached hydrogen (secondary N) is 2. The Kier molecular flexibility index (Phi) is 7.06. The van der Waals surface area contributed by atoms with Crippen LogP contribution in [-0.4, -0.2) is 52.8 Å². The van der Waals surface area contributed by atoms with E-state index in [1.807, 2.05) is 51.1 Å². The summed E-state index contributed by atoms with van der Waals surface area (Å²) >= 11 is 0. The highest BCUT2D eigenvalue weighted by molar-refractivity contribution is 6.20. The van der Waals surface area contributed by atoms with Gasteiger partial charge in [-0.05, 0) is 30.5 Å². The summed E-state index contributed by atoms with van der Waals surface area (Å²) in [7, 11) is 3.17. The number of amides is 3. The molecule has 0 unspecified atom stereocenters. The molecule has 1 atom stereocenters. The molecule has 0 bridgehead atoms. The molecule has 0 fully saturated rings. The topological polar surface area (TPSA) is 102 Å². The summed E-state index contributed by atoms with van der Waals surface area (Å²) in [4.78, 5) is 41.5. The smallest absolute Gasteiger partial charge is 0.279 e. The van der Waals surface area contributed by atoms with Crippen molar-refractivity contribution >= 4 is 23.4 Å². The normalized spacial score (nSPS) is 14.7. The van der Waals surface area contributed by atoms with Crippen LogP contribution in [0, 0.1) is 5.92 Å². The van der Waals surface area contributed by atoms with Crippen LogP contribution in [0.25, 0.3) is 0 Å². The Morgan fingerprint density at radius 2 is 1.61 bits per heavy atom. The molecule has 0 radical (unpaired) electrons. The molecule has 2 aromatic carbocycles. The van der Waals surface area contributed by atoms with Gasteiger partial charge in [0, 0.05) is 20.1 Å². The first kappa shape index (κ1) is 23.8. The lowest BCUT2D eigenvalue weighted by Gasteiger charge is -2.20. The lowest BCUT2D eigenvalue weighted by Crippen LogP contribution is -2.37. The first-order valence-electron chi connectivity index (χ1n) is 10.8. The first-order chi connectivity index (χ1) is 15.6. The molecule has 174 valence electrons. The molecule has 1 aliphatic heterocycles. The van der Waals surface area contributed by atoms with Crippen molar-refractivity contribution < 1.29 is 19.5 Å². The first-order valence-corrected chi connectivity index (χ1v) is 10.8. The largest absolute Gasteiger partial charge is 0.505 e. The van der Waals surface area contributed by atoms with Gasteiger partial charge in [0.1, 0.15) is 11.4 Å². The van der Waals surface area contributed by atoms with Crippen LogP contribution in [-0.2, 0) is 16.1 Å². The number of rotatable bonds is 8. The van der Waals surface area contributed by atoms with Crippen molar-refractivity contribution in [1.29, 1.82) is 0 Å². The number of benzene rings is 2. The summed E-state index contributed by atoms with van der Waals surface area (Å²) in [6, 6.07) is 13.8. The van der Waals surface area contributed by atoms with Crippen molar-refractivity contribution in [3.63, 3.8) is 0 Å². The number of carbonyl (C=O) groups excluding carboxylic acids is 3. The van der Waals surface area contributed by atoms with Crippen molar-refractivity contribution in [2.75, 3.05) is 19.4 Å². The molecule has 3 rings (SSSR count). The summed E-state index contributed by atoms with van der Waals surface area (Å²) in [6.45, 7) is 6.07. The predicted octanol–water partition coefficient (Wildman–Crippen LogP) is 2.92. The summed E-state index contributed by atoms with van der Waals surface area (Å²) < 4.78 is 0. The van der Waals surface area contributed by atoms with Crippen LogP contribution in [0.15, 0.2) is 59.9 Å². The van der Waals surface area contributed by atoms with E-state index in [9.17, 15) is 19.5 Å². The van der Waals surface area contributed by atoms with E-state index in [1.165, 1.54) is 15.9 Å². The number of phenolic OH excluding ortho intramolecular Hbond substituents is 1. The molecule has 8 nitrogen and oxygen atoms in total. The van der Waals surface area contributed by atoms with Crippen molar-refractivity contribution in [3.8, 4) is 5.75 Å². The second kappa shape index (κ2) is 9.77. The second-order valence-electron chi connectivity index (χ2n) is 8.64. The van der Waals surface area contributed by atoms with Gasteiger partial charge in [-0.15, -0.1) is 0 Å². The number of nitrogens with zero attached hydrogens (tertiary/aromatic N) is 2. The third-order valence-electron chi connectivity index (χ3n) is 5.66. The quantitative estimate of drug-likeness (QED) is 0.422. The molecule has 0 spiro atoms. The van der Waals surface area contributed by atoms with Gasteiger partial charge in [-0.25, -0.2) is 0 Å². The second-order valence-corrected chi connectivity index (χ2v) is 8.64. The molecular weight excluding hydrogens is 420 g/mol. The SMILES string of the molecule is CC(C)[C@H](C)NC1=C(Nc2cccc(C(=O)N(C)C)c2O)C(=O)N(Cc2ccccc2)C1=O. The van der Waals surface area contributed by atoms with Crippen LogP contribution in [0.5, 0.6) is 5.75 Å². The minimum absolute atomic E-state index is 0.0354. The number of phenols is 1. The van der Waals surface area contributed by atoms with Gasteiger partial charge in [0.25, 0.3) is 17.7 Å². The van der Waals surface area contributed by atoms with E-state index in [4.69, 9.17) is 0 Å². The summed E-state index contributed by atoms with van der Waals surface area (Å²) in [5, 5.41) is 16.8. The van der Waals surface area contributed by atoms with Gasteiger partial charge in [0.05, 0.1) is 17.8 Å². The van der Waals surface area contributed by atoms with Gasteiger partial charge in [-0.1, -0.05) is 50.2 Å². The summed E-state index contributed by atoms with van der Waals surface area (Å²) in [6.07, 6.45) is 0. The van der Waals surface area contributed by atoms with E-state index < -0.39 is 11.8 Å². The van der Waals surface area contributed by atoms with E-state index in [1.54, 1.807) is 26.2 Å². The van der Waals surface area contributed by atoms with Crippen LogP contribution < -0.4 is 10.6 Å². The number of aromatic hydroxyl groups is 1. The van der Waals surface area contributed by atoms with E-state index in [0.717, 1.165) is 5.56 Å². The lowest BCUT2D eigenvalue weighted by atomic mass is 10.1. The minimum Gasteiger partial charge on any atom is -0.505 e. The van der Waals surface area contributed by atoms with Crippen molar-refractivity contribution in [1.82, 2.24) is 15.1 Å². The predicted molar refractivity (Wildman–Crippen MR) is 126 cm³/mol. The van der Waals surface area contributed by atoms with E-state index >= 15 is 0 Å². The zero-order valence-corrected chi connectivity index (χ0v) is 19.5. The van der Waals surface area contributed by atoms with Crippen LogP contribution in [0.4, 0.5) is 5.69 Å². The Morgan fingerprint density at radius 3 is 2.21 bits per heavy atom. The minimum atomic E-state index is -0.508. The number of para-hydroxylation sites is 1. The number of anilines is 1. The van der Waals surface area contributed by atoms with Gasteiger partial charge in [0.2, 0.25) is 0 Å². The van der Waals surface area contributed by atoms with E-state index in [2.05, 4.69) is 10.6 Å². The van der Waals surface area contributed by atoms with Gasteiger partial charge >= 0.3 is 0 Å². The highest BCUT2D eigenvalue weighted by Crippen LogP contribution is 2.32. The van der Waals surface area contributed by atoms with Crippen LogP contribution in [0.1, 0.15) is 36.7 Å². The zero-order chi connectivity index (χ0) is 24.3. The van der Waals surface area contributed by atoms with Gasteiger partial charge in [-0.3, -0.25) is 19.3 Å². The maximum Gasteiger partial charge on any atom is 0.279 e. The average Bonchev–Trinajstić information content (AvgIpc) is 2.99. The zero-order valence-electron chi connectivity index (χ0n) is 19.5. The monoisotopic (exact) mass is 450 g/mol. The standard InChI is InChI=1S/C25H30N4O4/c1-15(2)16(3)26-20-21(25(33)29(24(20)32)14-17-10-7-6-8-11-17)27-19-13-9-12-18(22(19)30)23(31)28(4)5/h6-13,15-16,26-27,30H,14H2,1-5H3/t16-/m0/s1. The molecule has 3 N–H and O–H groups in total. The van der Waals surface area contributed by atoms with Crippen molar-refractivity contribution in [2.24, 2.45) is 5.92 Å². The number of hydrogen-bond donors (Lipinski definition) is 3. The number of hydrogen-bond acceptors (Lipinski definition) is 6. The molecule has 0 aliphatic carbocycles. The molecular formula is C25H30N4O4. The fourth-order valence-electron chi connectivity index (χ4n) is 3.32. The molecule has 3 amide bonds. The third-order valence-corrected chi connectivity index (χ3v) is 5.66. The average molecular weight is 451 g/mol. The fraction of sp³-hybridized carbons (Fsp3) is 0.320. The molecule has 1 heterocycles. The molecule has 2 aromatic rings. The van der Waals surface area contributed by atoms with E-state index in [0.29, 0.717) is 0 Å². The molecule has 0 saturated heterocycles. The van der Waals surface area contributed by atoms with Gasteiger partial charge in [0.15, 0.2) is 5.75 Å². The summed E-state index contributed by atoms with van der Waals surface area (Å²) in [5.74, 6) is -1.41. The number of carbonyl (C=O) groups is 3.